The van der Waals surface area contributed by atoms with Gasteiger partial charge in [0.05, 0.1) is 0 Å². The zero-order chi connectivity index (χ0) is 11.5. The molecule has 1 aliphatic heterocycles. The molecule has 1 saturated heterocycles. The Morgan fingerprint density at radius 3 is 2.62 bits per heavy atom. The van der Waals surface area contributed by atoms with Crippen LogP contribution in [0.2, 0.25) is 0 Å². The monoisotopic (exact) mass is 224 g/mol. The van der Waals surface area contributed by atoms with E-state index in [9.17, 15) is 0 Å². The summed E-state index contributed by atoms with van der Waals surface area (Å²) < 4.78 is 0. The second-order valence-electron chi connectivity index (χ2n) is 6.09. The maximum absolute atomic E-state index is 3.46. The normalized spacial score (nSPS) is 37.1. The number of hydrogen-bond acceptors (Lipinski definition) is 2. The number of hydrogen-bond donors (Lipinski definition) is 1. The summed E-state index contributed by atoms with van der Waals surface area (Å²) in [5.41, 5.74) is 0. The molecule has 0 aromatic carbocycles. The summed E-state index contributed by atoms with van der Waals surface area (Å²) in [7, 11) is 2.12. The first-order chi connectivity index (χ1) is 7.70. The third kappa shape index (κ3) is 2.78. The summed E-state index contributed by atoms with van der Waals surface area (Å²) in [5, 5.41) is 3.46. The van der Waals surface area contributed by atoms with Gasteiger partial charge in [-0.25, -0.2) is 0 Å². The number of likely N-dealkylation sites (tertiary alicyclic amines) is 1. The minimum atomic E-state index is 0.775. The van der Waals surface area contributed by atoms with Crippen LogP contribution < -0.4 is 5.32 Å². The summed E-state index contributed by atoms with van der Waals surface area (Å²) >= 11 is 0. The van der Waals surface area contributed by atoms with E-state index in [1.807, 2.05) is 0 Å². The molecule has 1 N–H and O–H groups in total. The van der Waals surface area contributed by atoms with Crippen LogP contribution in [0.5, 0.6) is 0 Å². The molecule has 3 atom stereocenters. The molecule has 1 aliphatic carbocycles. The van der Waals surface area contributed by atoms with E-state index in [-0.39, 0.29) is 0 Å². The smallest absolute Gasteiger partial charge is 0.0110 e. The molecule has 2 heteroatoms. The third-order valence-corrected chi connectivity index (χ3v) is 4.77. The summed E-state index contributed by atoms with van der Waals surface area (Å²) in [6.07, 6.45) is 7.04. The Hall–Kier alpha value is -0.0800. The van der Waals surface area contributed by atoms with Crippen LogP contribution in [0.3, 0.4) is 0 Å². The zero-order valence-electron chi connectivity index (χ0n) is 11.2. The van der Waals surface area contributed by atoms with Crippen LogP contribution in [0.15, 0.2) is 0 Å². The van der Waals surface area contributed by atoms with Gasteiger partial charge in [0, 0.05) is 18.6 Å². The average Bonchev–Trinajstić information content (AvgIpc) is 2.78. The second kappa shape index (κ2) is 5.50. The van der Waals surface area contributed by atoms with E-state index in [1.54, 1.807) is 0 Å². The molecule has 2 rings (SSSR count). The first kappa shape index (κ1) is 12.4. The Morgan fingerprint density at radius 1 is 1.19 bits per heavy atom. The van der Waals surface area contributed by atoms with E-state index in [0.717, 1.165) is 23.9 Å². The topological polar surface area (TPSA) is 15.3 Å². The molecule has 94 valence electrons. The lowest BCUT2D eigenvalue weighted by Gasteiger charge is -2.35. The highest BCUT2D eigenvalue weighted by molar-refractivity contribution is 4.88. The zero-order valence-corrected chi connectivity index (χ0v) is 11.2. The summed E-state index contributed by atoms with van der Waals surface area (Å²) in [6, 6.07) is 1.65. The van der Waals surface area contributed by atoms with Crippen LogP contribution >= 0.6 is 0 Å². The maximum atomic E-state index is 3.46. The first-order valence-electron chi connectivity index (χ1n) is 7.12. The molecule has 16 heavy (non-hydrogen) atoms. The van der Waals surface area contributed by atoms with Crippen molar-refractivity contribution in [3.63, 3.8) is 0 Å². The molecule has 0 aromatic rings. The Kier molecular flexibility index (Phi) is 4.26. The SMILES string of the molecule is CNC1CCCC(N2CCC(C(C)C)C2)C1. The van der Waals surface area contributed by atoms with Crippen molar-refractivity contribution in [1.29, 1.82) is 0 Å². The lowest BCUT2D eigenvalue weighted by atomic mass is 9.90. The average molecular weight is 224 g/mol. The number of rotatable bonds is 3. The molecule has 0 bridgehead atoms. The van der Waals surface area contributed by atoms with Crippen molar-refractivity contribution >= 4 is 0 Å². The van der Waals surface area contributed by atoms with E-state index < -0.39 is 0 Å². The Labute approximate surface area is 101 Å². The molecule has 3 unspecified atom stereocenters. The standard InChI is InChI=1S/C14H28N2/c1-11(2)12-7-8-16(10-12)14-6-4-5-13(9-14)15-3/h11-15H,4-10H2,1-3H3. The highest BCUT2D eigenvalue weighted by Gasteiger charge is 2.32. The van der Waals surface area contributed by atoms with Gasteiger partial charge in [-0.05, 0) is 51.1 Å². The van der Waals surface area contributed by atoms with Crippen molar-refractivity contribution < 1.29 is 0 Å². The Bertz CT molecular complexity index is 215. The molecule has 1 heterocycles. The van der Waals surface area contributed by atoms with Gasteiger partial charge in [-0.15, -0.1) is 0 Å². The van der Waals surface area contributed by atoms with Crippen molar-refractivity contribution in [3.8, 4) is 0 Å². The first-order valence-corrected chi connectivity index (χ1v) is 7.12. The van der Waals surface area contributed by atoms with Crippen LogP contribution in [0.1, 0.15) is 46.0 Å². The maximum Gasteiger partial charge on any atom is 0.0110 e. The van der Waals surface area contributed by atoms with Gasteiger partial charge >= 0.3 is 0 Å². The Morgan fingerprint density at radius 2 is 2.00 bits per heavy atom. The molecule has 1 saturated carbocycles. The lowest BCUT2D eigenvalue weighted by Crippen LogP contribution is -2.42. The van der Waals surface area contributed by atoms with Crippen LogP contribution in [0, 0.1) is 11.8 Å². The molecular formula is C14H28N2. The van der Waals surface area contributed by atoms with Gasteiger partial charge < -0.3 is 10.2 Å². The molecular weight excluding hydrogens is 196 g/mol. The molecule has 0 radical (unpaired) electrons. The number of nitrogens with zero attached hydrogens (tertiary/aromatic N) is 1. The van der Waals surface area contributed by atoms with Gasteiger partial charge in [0.15, 0.2) is 0 Å². The summed E-state index contributed by atoms with van der Waals surface area (Å²) in [5.74, 6) is 1.82. The van der Waals surface area contributed by atoms with E-state index in [4.69, 9.17) is 0 Å². The van der Waals surface area contributed by atoms with Crippen molar-refractivity contribution in [2.75, 3.05) is 20.1 Å². The fraction of sp³-hybridized carbons (Fsp3) is 1.00. The molecule has 2 aliphatic rings. The largest absolute Gasteiger partial charge is 0.317 e. The predicted molar refractivity (Wildman–Crippen MR) is 69.6 cm³/mol. The van der Waals surface area contributed by atoms with Crippen molar-refractivity contribution in [3.05, 3.63) is 0 Å². The van der Waals surface area contributed by atoms with Gasteiger partial charge in [-0.2, -0.15) is 0 Å². The summed E-state index contributed by atoms with van der Waals surface area (Å²) in [6.45, 7) is 7.47. The van der Waals surface area contributed by atoms with Gasteiger partial charge in [-0.3, -0.25) is 0 Å². The molecule has 2 fully saturated rings. The van der Waals surface area contributed by atoms with Crippen LogP contribution in [0.4, 0.5) is 0 Å². The van der Waals surface area contributed by atoms with Gasteiger partial charge in [0.1, 0.15) is 0 Å². The fourth-order valence-corrected chi connectivity index (χ4v) is 3.45. The quantitative estimate of drug-likeness (QED) is 0.792. The molecule has 0 amide bonds. The highest BCUT2D eigenvalue weighted by Crippen LogP contribution is 2.30. The third-order valence-electron chi connectivity index (χ3n) is 4.77. The minimum Gasteiger partial charge on any atom is -0.317 e. The summed E-state index contributed by atoms with van der Waals surface area (Å²) in [4.78, 5) is 2.77. The fourth-order valence-electron chi connectivity index (χ4n) is 3.45. The molecule has 0 aromatic heterocycles. The van der Waals surface area contributed by atoms with Crippen LogP contribution in [-0.2, 0) is 0 Å². The van der Waals surface area contributed by atoms with Crippen LogP contribution in [-0.4, -0.2) is 37.1 Å². The van der Waals surface area contributed by atoms with E-state index in [2.05, 4.69) is 31.1 Å². The molecule has 2 nitrogen and oxygen atoms in total. The van der Waals surface area contributed by atoms with Crippen molar-refractivity contribution in [1.82, 2.24) is 10.2 Å². The van der Waals surface area contributed by atoms with E-state index in [1.165, 1.54) is 45.2 Å². The predicted octanol–water partition coefficient (Wildman–Crippen LogP) is 2.49. The van der Waals surface area contributed by atoms with Gasteiger partial charge in [-0.1, -0.05) is 20.3 Å². The van der Waals surface area contributed by atoms with E-state index in [0.29, 0.717) is 0 Å². The van der Waals surface area contributed by atoms with E-state index >= 15 is 0 Å². The minimum absolute atomic E-state index is 0.775. The Balaban J connectivity index is 1.84. The van der Waals surface area contributed by atoms with Gasteiger partial charge in [0.25, 0.3) is 0 Å². The highest BCUT2D eigenvalue weighted by atomic mass is 15.2. The van der Waals surface area contributed by atoms with Gasteiger partial charge in [0.2, 0.25) is 0 Å². The van der Waals surface area contributed by atoms with Crippen molar-refractivity contribution in [2.24, 2.45) is 11.8 Å². The lowest BCUT2D eigenvalue weighted by molar-refractivity contribution is 0.162. The van der Waals surface area contributed by atoms with Crippen LogP contribution in [0.25, 0.3) is 0 Å². The van der Waals surface area contributed by atoms with Crippen molar-refractivity contribution in [2.45, 2.75) is 58.0 Å². The second-order valence-corrected chi connectivity index (χ2v) is 6.09. The number of nitrogens with one attached hydrogen (secondary N) is 1. The molecule has 0 spiro atoms.